The molecule has 106 valence electrons. The molecule has 0 atom stereocenters. The van der Waals surface area contributed by atoms with Crippen molar-refractivity contribution in [3.8, 4) is 11.5 Å². The lowest BCUT2D eigenvalue weighted by Gasteiger charge is -2.11. The maximum atomic E-state index is 14.0. The summed E-state index contributed by atoms with van der Waals surface area (Å²) in [5, 5.41) is 3.69. The zero-order chi connectivity index (χ0) is 14.5. The summed E-state index contributed by atoms with van der Waals surface area (Å²) < 4.78 is 19.5. The third-order valence-electron chi connectivity index (χ3n) is 2.77. The second-order valence-corrected chi connectivity index (χ2v) is 5.24. The Balaban J connectivity index is 2.12. The molecule has 0 spiro atoms. The average molecular weight is 294 g/mol. The van der Waals surface area contributed by atoms with Crippen molar-refractivity contribution in [2.75, 3.05) is 0 Å². The summed E-state index contributed by atoms with van der Waals surface area (Å²) in [5.74, 6) is 0.223. The van der Waals surface area contributed by atoms with E-state index in [-0.39, 0.29) is 5.75 Å². The number of nitrogens with one attached hydrogen (secondary N) is 1. The van der Waals surface area contributed by atoms with Gasteiger partial charge in [-0.15, -0.1) is 0 Å². The van der Waals surface area contributed by atoms with Crippen LogP contribution in [0.3, 0.4) is 0 Å². The molecule has 0 aliphatic heterocycles. The number of halogens is 2. The molecule has 0 saturated carbocycles. The van der Waals surface area contributed by atoms with E-state index in [1.54, 1.807) is 30.3 Å². The van der Waals surface area contributed by atoms with E-state index < -0.39 is 5.82 Å². The summed E-state index contributed by atoms with van der Waals surface area (Å²) in [6.45, 7) is 4.72. The number of hydrogen-bond donors (Lipinski definition) is 1. The fourth-order valence-corrected chi connectivity index (χ4v) is 1.88. The van der Waals surface area contributed by atoms with Crippen LogP contribution in [-0.4, -0.2) is 6.04 Å². The molecule has 2 aromatic rings. The van der Waals surface area contributed by atoms with Gasteiger partial charge in [-0.1, -0.05) is 43.6 Å². The summed E-state index contributed by atoms with van der Waals surface area (Å²) in [5.41, 5.74) is 0.878. The van der Waals surface area contributed by atoms with Gasteiger partial charge in [0.2, 0.25) is 0 Å². The van der Waals surface area contributed by atoms with Crippen molar-refractivity contribution < 1.29 is 9.13 Å². The van der Waals surface area contributed by atoms with Crippen LogP contribution in [0.15, 0.2) is 42.5 Å². The van der Waals surface area contributed by atoms with Gasteiger partial charge >= 0.3 is 0 Å². The van der Waals surface area contributed by atoms with E-state index >= 15 is 0 Å². The Kier molecular flexibility index (Phi) is 4.99. The fourth-order valence-electron chi connectivity index (χ4n) is 1.71. The monoisotopic (exact) mass is 293 g/mol. The van der Waals surface area contributed by atoms with Gasteiger partial charge in [0.15, 0.2) is 11.6 Å². The SMILES string of the molecule is CC(C)NCc1ccc(Oc2ccccc2Cl)c(F)c1. The van der Waals surface area contributed by atoms with Crippen LogP contribution in [0.4, 0.5) is 4.39 Å². The number of hydrogen-bond acceptors (Lipinski definition) is 2. The minimum absolute atomic E-state index is 0.173. The first-order chi connectivity index (χ1) is 9.56. The maximum absolute atomic E-state index is 14.0. The third kappa shape index (κ3) is 3.95. The highest BCUT2D eigenvalue weighted by atomic mass is 35.5. The minimum Gasteiger partial charge on any atom is -0.453 e. The van der Waals surface area contributed by atoms with E-state index in [4.69, 9.17) is 16.3 Å². The van der Waals surface area contributed by atoms with E-state index in [0.717, 1.165) is 5.56 Å². The molecule has 0 fully saturated rings. The summed E-state index contributed by atoms with van der Waals surface area (Å²) in [6.07, 6.45) is 0. The first-order valence-corrected chi connectivity index (χ1v) is 6.88. The second-order valence-electron chi connectivity index (χ2n) is 4.83. The first kappa shape index (κ1) is 14.8. The van der Waals surface area contributed by atoms with Crippen LogP contribution in [0.25, 0.3) is 0 Å². The van der Waals surface area contributed by atoms with E-state index in [1.807, 2.05) is 19.9 Å². The summed E-state index contributed by atoms with van der Waals surface area (Å²) in [7, 11) is 0. The molecule has 2 aromatic carbocycles. The predicted molar refractivity (Wildman–Crippen MR) is 79.9 cm³/mol. The molecule has 0 aromatic heterocycles. The van der Waals surface area contributed by atoms with Gasteiger partial charge in [0.25, 0.3) is 0 Å². The molecule has 20 heavy (non-hydrogen) atoms. The van der Waals surface area contributed by atoms with Crippen LogP contribution in [0.2, 0.25) is 5.02 Å². The Bertz CT molecular complexity index is 586. The zero-order valence-electron chi connectivity index (χ0n) is 11.5. The van der Waals surface area contributed by atoms with Gasteiger partial charge in [0, 0.05) is 12.6 Å². The molecule has 1 N–H and O–H groups in total. The van der Waals surface area contributed by atoms with Crippen molar-refractivity contribution in [2.45, 2.75) is 26.4 Å². The maximum Gasteiger partial charge on any atom is 0.166 e. The smallest absolute Gasteiger partial charge is 0.166 e. The minimum atomic E-state index is -0.395. The van der Waals surface area contributed by atoms with Gasteiger partial charge in [-0.3, -0.25) is 0 Å². The van der Waals surface area contributed by atoms with Crippen molar-refractivity contribution in [3.05, 3.63) is 58.9 Å². The van der Waals surface area contributed by atoms with Crippen LogP contribution in [-0.2, 0) is 6.54 Å². The highest BCUT2D eigenvalue weighted by molar-refractivity contribution is 6.32. The second kappa shape index (κ2) is 6.73. The molecule has 0 aliphatic rings. The van der Waals surface area contributed by atoms with Gasteiger partial charge < -0.3 is 10.1 Å². The van der Waals surface area contributed by atoms with Crippen molar-refractivity contribution in [2.24, 2.45) is 0 Å². The Labute approximate surface area is 123 Å². The Morgan fingerprint density at radius 1 is 1.15 bits per heavy atom. The normalized spacial score (nSPS) is 10.8. The van der Waals surface area contributed by atoms with Crippen molar-refractivity contribution >= 4 is 11.6 Å². The van der Waals surface area contributed by atoms with E-state index in [2.05, 4.69) is 5.32 Å². The highest BCUT2D eigenvalue weighted by Crippen LogP contribution is 2.30. The van der Waals surface area contributed by atoms with Crippen molar-refractivity contribution in [1.82, 2.24) is 5.32 Å². The predicted octanol–water partition coefficient (Wildman–Crippen LogP) is 4.77. The molecule has 4 heteroatoms. The van der Waals surface area contributed by atoms with Crippen molar-refractivity contribution in [3.63, 3.8) is 0 Å². The van der Waals surface area contributed by atoms with Crippen LogP contribution in [0.5, 0.6) is 11.5 Å². The number of benzene rings is 2. The van der Waals surface area contributed by atoms with Crippen LogP contribution in [0.1, 0.15) is 19.4 Å². The molecule has 0 unspecified atom stereocenters. The summed E-state index contributed by atoms with van der Waals surface area (Å²) >= 11 is 5.98. The standard InChI is InChI=1S/C16H17ClFNO/c1-11(2)19-10-12-7-8-16(14(18)9-12)20-15-6-4-3-5-13(15)17/h3-9,11,19H,10H2,1-2H3. The Morgan fingerprint density at radius 3 is 2.55 bits per heavy atom. The largest absolute Gasteiger partial charge is 0.453 e. The van der Waals surface area contributed by atoms with Crippen molar-refractivity contribution in [1.29, 1.82) is 0 Å². The molecule has 0 bridgehead atoms. The fraction of sp³-hybridized carbons (Fsp3) is 0.250. The molecule has 0 saturated heterocycles. The molecule has 2 nitrogen and oxygen atoms in total. The lowest BCUT2D eigenvalue weighted by Crippen LogP contribution is -2.21. The van der Waals surface area contributed by atoms with Gasteiger partial charge in [0.1, 0.15) is 5.75 Å². The van der Waals surface area contributed by atoms with Crippen LogP contribution >= 0.6 is 11.6 Å². The van der Waals surface area contributed by atoms with Crippen LogP contribution in [0, 0.1) is 5.82 Å². The lowest BCUT2D eigenvalue weighted by atomic mass is 10.2. The number of ether oxygens (including phenoxy) is 1. The molecular weight excluding hydrogens is 277 g/mol. The van der Waals surface area contributed by atoms with Gasteiger partial charge in [-0.05, 0) is 29.8 Å². The van der Waals surface area contributed by atoms with E-state index in [1.165, 1.54) is 6.07 Å². The first-order valence-electron chi connectivity index (χ1n) is 6.50. The van der Waals surface area contributed by atoms with Gasteiger partial charge in [0.05, 0.1) is 5.02 Å². The van der Waals surface area contributed by atoms with E-state index in [9.17, 15) is 4.39 Å². The third-order valence-corrected chi connectivity index (χ3v) is 3.08. The average Bonchev–Trinajstić information content (AvgIpc) is 2.41. The number of rotatable bonds is 5. The quantitative estimate of drug-likeness (QED) is 0.857. The zero-order valence-corrected chi connectivity index (χ0v) is 12.2. The summed E-state index contributed by atoms with van der Waals surface area (Å²) in [4.78, 5) is 0. The summed E-state index contributed by atoms with van der Waals surface area (Å²) in [6, 6.07) is 12.3. The van der Waals surface area contributed by atoms with E-state index in [0.29, 0.717) is 23.4 Å². The molecule has 0 aliphatic carbocycles. The molecule has 0 heterocycles. The Morgan fingerprint density at radius 2 is 1.90 bits per heavy atom. The molecular formula is C16H17ClFNO. The molecule has 2 rings (SSSR count). The topological polar surface area (TPSA) is 21.3 Å². The van der Waals surface area contributed by atoms with Gasteiger partial charge in [-0.25, -0.2) is 4.39 Å². The van der Waals surface area contributed by atoms with Gasteiger partial charge in [-0.2, -0.15) is 0 Å². The molecule has 0 amide bonds. The number of para-hydroxylation sites is 1. The molecule has 0 radical (unpaired) electrons. The highest BCUT2D eigenvalue weighted by Gasteiger charge is 2.08. The lowest BCUT2D eigenvalue weighted by molar-refractivity contribution is 0.441. The Hall–Kier alpha value is -1.58. The van der Waals surface area contributed by atoms with Crippen LogP contribution < -0.4 is 10.1 Å².